The Bertz CT molecular complexity index is 892. The third-order valence-electron chi connectivity index (χ3n) is 5.54. The van der Waals surface area contributed by atoms with Gasteiger partial charge in [-0.3, -0.25) is 9.59 Å². The SMILES string of the molecule is CCCCN(CC(F)(F)F)C(=O)C1CCCN(C(=O)c2cccc3ccccc23)C1. The van der Waals surface area contributed by atoms with Gasteiger partial charge in [0.2, 0.25) is 5.91 Å². The van der Waals surface area contributed by atoms with Crippen molar-refractivity contribution in [1.29, 1.82) is 0 Å². The zero-order chi connectivity index (χ0) is 21.7. The molecule has 1 unspecified atom stereocenters. The molecular formula is C23H27F3N2O2. The Morgan fingerprint density at radius 3 is 2.60 bits per heavy atom. The lowest BCUT2D eigenvalue weighted by atomic mass is 9.95. The van der Waals surface area contributed by atoms with Crippen molar-refractivity contribution in [1.82, 2.24) is 9.80 Å². The topological polar surface area (TPSA) is 40.6 Å². The lowest BCUT2D eigenvalue weighted by Crippen LogP contribution is -2.49. The molecule has 0 N–H and O–H groups in total. The summed E-state index contributed by atoms with van der Waals surface area (Å²) in [6.07, 6.45) is -2.11. The molecule has 1 aliphatic heterocycles. The third-order valence-corrected chi connectivity index (χ3v) is 5.54. The van der Waals surface area contributed by atoms with E-state index in [4.69, 9.17) is 0 Å². The fraction of sp³-hybridized carbons (Fsp3) is 0.478. The Morgan fingerprint density at radius 1 is 1.13 bits per heavy atom. The standard InChI is InChI=1S/C23H27F3N2O2/c1-2-3-13-28(16-23(24,25)26)21(29)18-10-7-14-27(15-18)22(30)20-12-6-9-17-8-4-5-11-19(17)20/h4-6,8-9,11-12,18H,2-3,7,10,13-16H2,1H3. The molecule has 0 saturated carbocycles. The molecule has 30 heavy (non-hydrogen) atoms. The first-order valence-electron chi connectivity index (χ1n) is 10.4. The summed E-state index contributed by atoms with van der Waals surface area (Å²) in [7, 11) is 0. The molecule has 3 rings (SSSR count). The Balaban J connectivity index is 1.76. The molecule has 2 amide bonds. The number of benzene rings is 2. The number of alkyl halides is 3. The number of rotatable bonds is 6. The van der Waals surface area contributed by atoms with Crippen molar-refractivity contribution in [2.75, 3.05) is 26.2 Å². The molecule has 4 nitrogen and oxygen atoms in total. The van der Waals surface area contributed by atoms with Crippen LogP contribution in [-0.2, 0) is 4.79 Å². The van der Waals surface area contributed by atoms with E-state index in [9.17, 15) is 22.8 Å². The summed E-state index contributed by atoms with van der Waals surface area (Å²) in [5.74, 6) is -1.28. The van der Waals surface area contributed by atoms with Crippen molar-refractivity contribution in [3.05, 3.63) is 48.0 Å². The van der Waals surface area contributed by atoms with Gasteiger partial charge in [0.15, 0.2) is 0 Å². The molecule has 7 heteroatoms. The maximum Gasteiger partial charge on any atom is 0.406 e. The van der Waals surface area contributed by atoms with E-state index < -0.39 is 24.5 Å². The van der Waals surface area contributed by atoms with Crippen LogP contribution in [0, 0.1) is 5.92 Å². The maximum atomic E-state index is 13.2. The number of carbonyl (C=O) groups excluding carboxylic acids is 2. The molecular weight excluding hydrogens is 393 g/mol. The average Bonchev–Trinajstić information content (AvgIpc) is 2.74. The monoisotopic (exact) mass is 420 g/mol. The summed E-state index contributed by atoms with van der Waals surface area (Å²) >= 11 is 0. The van der Waals surface area contributed by atoms with E-state index in [2.05, 4.69) is 0 Å². The van der Waals surface area contributed by atoms with E-state index >= 15 is 0 Å². The Kier molecular flexibility index (Phi) is 7.00. The number of piperidine rings is 1. The highest BCUT2D eigenvalue weighted by Crippen LogP contribution is 2.26. The van der Waals surface area contributed by atoms with Gasteiger partial charge in [0, 0.05) is 25.2 Å². The minimum atomic E-state index is -4.43. The highest BCUT2D eigenvalue weighted by molar-refractivity contribution is 6.07. The van der Waals surface area contributed by atoms with Gasteiger partial charge in [-0.15, -0.1) is 0 Å². The summed E-state index contributed by atoms with van der Waals surface area (Å²) in [6, 6.07) is 13.1. The summed E-state index contributed by atoms with van der Waals surface area (Å²) in [5, 5.41) is 1.78. The molecule has 1 atom stereocenters. The molecule has 2 aromatic carbocycles. The van der Waals surface area contributed by atoms with Crippen molar-refractivity contribution >= 4 is 22.6 Å². The van der Waals surface area contributed by atoms with Gasteiger partial charge in [-0.2, -0.15) is 13.2 Å². The van der Waals surface area contributed by atoms with Crippen LogP contribution in [0.15, 0.2) is 42.5 Å². The van der Waals surface area contributed by atoms with Gasteiger partial charge in [-0.1, -0.05) is 49.7 Å². The van der Waals surface area contributed by atoms with E-state index in [1.54, 1.807) is 11.0 Å². The second-order valence-corrected chi connectivity index (χ2v) is 7.85. The predicted molar refractivity (Wildman–Crippen MR) is 110 cm³/mol. The molecule has 2 aromatic rings. The number of amides is 2. The summed E-state index contributed by atoms with van der Waals surface area (Å²) in [4.78, 5) is 28.6. The number of halogens is 3. The van der Waals surface area contributed by atoms with E-state index in [-0.39, 0.29) is 19.0 Å². The van der Waals surface area contributed by atoms with Gasteiger partial charge in [-0.05, 0) is 36.1 Å². The van der Waals surface area contributed by atoms with Crippen molar-refractivity contribution in [3.63, 3.8) is 0 Å². The van der Waals surface area contributed by atoms with Gasteiger partial charge in [0.05, 0.1) is 5.92 Å². The van der Waals surface area contributed by atoms with Crippen molar-refractivity contribution in [2.45, 2.75) is 38.8 Å². The number of fused-ring (bicyclic) bond motifs is 1. The minimum Gasteiger partial charge on any atom is -0.338 e. The summed E-state index contributed by atoms with van der Waals surface area (Å²) < 4.78 is 38.9. The number of carbonyl (C=O) groups is 2. The van der Waals surface area contributed by atoms with Crippen LogP contribution in [0.5, 0.6) is 0 Å². The van der Waals surface area contributed by atoms with Crippen molar-refractivity contribution < 1.29 is 22.8 Å². The van der Waals surface area contributed by atoms with Crippen LogP contribution in [0.3, 0.4) is 0 Å². The molecule has 0 spiro atoms. The molecule has 0 aliphatic carbocycles. The van der Waals surface area contributed by atoms with Gasteiger partial charge in [0.25, 0.3) is 5.91 Å². The van der Waals surface area contributed by atoms with Crippen LogP contribution in [0.4, 0.5) is 13.2 Å². The number of likely N-dealkylation sites (tertiary alicyclic amines) is 1. The summed E-state index contributed by atoms with van der Waals surface area (Å²) in [5.41, 5.74) is 0.555. The first-order valence-corrected chi connectivity index (χ1v) is 10.4. The van der Waals surface area contributed by atoms with Gasteiger partial charge < -0.3 is 9.80 Å². The number of hydrogen-bond acceptors (Lipinski definition) is 2. The number of nitrogens with zero attached hydrogens (tertiary/aromatic N) is 2. The fourth-order valence-corrected chi connectivity index (χ4v) is 4.04. The van der Waals surface area contributed by atoms with Crippen LogP contribution < -0.4 is 0 Å². The lowest BCUT2D eigenvalue weighted by molar-refractivity contribution is -0.164. The van der Waals surface area contributed by atoms with Gasteiger partial charge in [-0.25, -0.2) is 0 Å². The van der Waals surface area contributed by atoms with Crippen LogP contribution >= 0.6 is 0 Å². The van der Waals surface area contributed by atoms with Crippen LogP contribution in [0.1, 0.15) is 43.0 Å². The molecule has 162 valence electrons. The van der Waals surface area contributed by atoms with E-state index in [1.807, 2.05) is 43.3 Å². The quantitative estimate of drug-likeness (QED) is 0.668. The van der Waals surface area contributed by atoms with Crippen molar-refractivity contribution in [2.24, 2.45) is 5.92 Å². The van der Waals surface area contributed by atoms with Gasteiger partial charge >= 0.3 is 6.18 Å². The molecule has 0 bridgehead atoms. The second kappa shape index (κ2) is 9.49. The number of hydrogen-bond donors (Lipinski definition) is 0. The average molecular weight is 420 g/mol. The fourth-order valence-electron chi connectivity index (χ4n) is 4.04. The second-order valence-electron chi connectivity index (χ2n) is 7.85. The largest absolute Gasteiger partial charge is 0.406 e. The van der Waals surface area contributed by atoms with Gasteiger partial charge in [0.1, 0.15) is 6.54 Å². The minimum absolute atomic E-state index is 0.0859. The van der Waals surface area contributed by atoms with E-state index in [0.717, 1.165) is 15.7 Å². The number of unbranched alkanes of at least 4 members (excludes halogenated alkanes) is 1. The normalized spacial score (nSPS) is 17.2. The molecule has 0 aromatic heterocycles. The Labute approximate surface area is 174 Å². The molecule has 0 radical (unpaired) electrons. The molecule has 1 aliphatic rings. The zero-order valence-corrected chi connectivity index (χ0v) is 17.1. The third kappa shape index (κ3) is 5.32. The van der Waals surface area contributed by atoms with Crippen molar-refractivity contribution in [3.8, 4) is 0 Å². The Morgan fingerprint density at radius 2 is 1.87 bits per heavy atom. The highest BCUT2D eigenvalue weighted by Gasteiger charge is 2.37. The van der Waals surface area contributed by atoms with Crippen LogP contribution in [0.2, 0.25) is 0 Å². The zero-order valence-electron chi connectivity index (χ0n) is 17.1. The predicted octanol–water partition coefficient (Wildman–Crippen LogP) is 4.88. The molecule has 1 fully saturated rings. The van der Waals surface area contributed by atoms with Crippen LogP contribution in [0.25, 0.3) is 10.8 Å². The van der Waals surface area contributed by atoms with E-state index in [1.165, 1.54) is 0 Å². The van der Waals surface area contributed by atoms with Crippen LogP contribution in [-0.4, -0.2) is 54.0 Å². The first kappa shape index (κ1) is 22.1. The summed E-state index contributed by atoms with van der Waals surface area (Å²) in [6.45, 7) is 1.38. The van der Waals surface area contributed by atoms with E-state index in [0.29, 0.717) is 37.8 Å². The molecule has 1 saturated heterocycles. The first-order chi connectivity index (χ1) is 14.3. The maximum absolute atomic E-state index is 13.2. The molecule has 1 heterocycles. The highest BCUT2D eigenvalue weighted by atomic mass is 19.4. The smallest absolute Gasteiger partial charge is 0.338 e. The lowest BCUT2D eigenvalue weighted by Gasteiger charge is -2.35. The Hall–Kier alpha value is -2.57.